The molecular formula is C12H17NO. The normalized spacial score (nSPS) is 12.4. The van der Waals surface area contributed by atoms with Gasteiger partial charge in [0, 0.05) is 12.6 Å². The number of aliphatic hydroxyl groups excluding tert-OH is 1. The molecule has 0 unspecified atom stereocenters. The Kier molecular flexibility index (Phi) is 4.36. The molecular weight excluding hydrogens is 174 g/mol. The van der Waals surface area contributed by atoms with Gasteiger partial charge >= 0.3 is 0 Å². The summed E-state index contributed by atoms with van der Waals surface area (Å²) in [6.45, 7) is 3.92. The highest BCUT2D eigenvalue weighted by Gasteiger charge is 2.04. The lowest BCUT2D eigenvalue weighted by atomic mass is 10.0. The second kappa shape index (κ2) is 5.58. The van der Waals surface area contributed by atoms with Crippen molar-refractivity contribution in [3.05, 3.63) is 42.0 Å². The molecule has 14 heavy (non-hydrogen) atoms. The first kappa shape index (κ1) is 11.0. The lowest BCUT2D eigenvalue weighted by molar-refractivity contribution is 0.280. The van der Waals surface area contributed by atoms with Crippen molar-refractivity contribution < 1.29 is 5.11 Å². The molecule has 76 valence electrons. The van der Waals surface area contributed by atoms with Gasteiger partial charge in [-0.25, -0.2) is 0 Å². The summed E-state index contributed by atoms with van der Waals surface area (Å²) in [5.74, 6) is 0. The van der Waals surface area contributed by atoms with E-state index in [2.05, 4.69) is 6.58 Å². The maximum Gasteiger partial charge on any atom is 0.0431 e. The van der Waals surface area contributed by atoms with Crippen LogP contribution < -0.4 is 5.73 Å². The van der Waals surface area contributed by atoms with Crippen molar-refractivity contribution in [2.24, 2.45) is 5.73 Å². The van der Waals surface area contributed by atoms with Gasteiger partial charge in [-0.3, -0.25) is 0 Å². The molecule has 0 fully saturated rings. The van der Waals surface area contributed by atoms with Crippen LogP contribution in [0, 0.1) is 0 Å². The number of benzene rings is 1. The van der Waals surface area contributed by atoms with E-state index < -0.39 is 0 Å². The van der Waals surface area contributed by atoms with Crippen molar-refractivity contribution in [3.8, 4) is 0 Å². The second-order valence-electron chi connectivity index (χ2n) is 3.35. The third-order valence-electron chi connectivity index (χ3n) is 2.25. The highest BCUT2D eigenvalue weighted by molar-refractivity contribution is 5.48. The van der Waals surface area contributed by atoms with Gasteiger partial charge in [0.25, 0.3) is 0 Å². The summed E-state index contributed by atoms with van der Waals surface area (Å²) in [6, 6.07) is 8.03. The van der Waals surface area contributed by atoms with Gasteiger partial charge < -0.3 is 10.8 Å². The van der Waals surface area contributed by atoms with Gasteiger partial charge in [0.2, 0.25) is 0 Å². The summed E-state index contributed by atoms with van der Waals surface area (Å²) in [5.41, 5.74) is 8.15. The Balaban J connectivity index is 2.68. The maximum atomic E-state index is 8.69. The highest BCUT2D eigenvalue weighted by atomic mass is 16.2. The fourth-order valence-corrected chi connectivity index (χ4v) is 1.39. The third kappa shape index (κ3) is 2.98. The zero-order valence-electron chi connectivity index (χ0n) is 8.32. The lowest BCUT2D eigenvalue weighted by Crippen LogP contribution is -2.10. The van der Waals surface area contributed by atoms with Crippen LogP contribution in [0.15, 0.2) is 30.8 Å². The summed E-state index contributed by atoms with van der Waals surface area (Å²) >= 11 is 0. The molecule has 1 atom stereocenters. The molecule has 2 nitrogen and oxygen atoms in total. The van der Waals surface area contributed by atoms with Crippen LogP contribution in [-0.2, 0) is 0 Å². The predicted molar refractivity (Wildman–Crippen MR) is 59.8 cm³/mol. The summed E-state index contributed by atoms with van der Waals surface area (Å²) in [4.78, 5) is 0. The second-order valence-corrected chi connectivity index (χ2v) is 3.35. The summed E-state index contributed by atoms with van der Waals surface area (Å²) in [5, 5.41) is 8.69. The monoisotopic (exact) mass is 191 g/mol. The Morgan fingerprint density at radius 2 is 2.29 bits per heavy atom. The lowest BCUT2D eigenvalue weighted by Gasteiger charge is -2.11. The molecule has 0 bridgehead atoms. The van der Waals surface area contributed by atoms with Gasteiger partial charge in [-0.1, -0.05) is 36.9 Å². The zero-order valence-corrected chi connectivity index (χ0v) is 8.32. The van der Waals surface area contributed by atoms with Crippen molar-refractivity contribution in [1.29, 1.82) is 0 Å². The van der Waals surface area contributed by atoms with Crippen molar-refractivity contribution >= 4 is 6.08 Å². The van der Waals surface area contributed by atoms with Crippen molar-refractivity contribution in [3.63, 3.8) is 0 Å². The van der Waals surface area contributed by atoms with E-state index >= 15 is 0 Å². The largest absolute Gasteiger partial charge is 0.396 e. The Labute approximate surface area is 85.1 Å². The van der Waals surface area contributed by atoms with E-state index in [1.54, 1.807) is 0 Å². The van der Waals surface area contributed by atoms with Crippen LogP contribution in [0.1, 0.15) is 30.0 Å². The Morgan fingerprint density at radius 3 is 2.93 bits per heavy atom. The average molecular weight is 191 g/mol. The molecule has 0 aliphatic heterocycles. The highest BCUT2D eigenvalue weighted by Crippen LogP contribution is 2.17. The first-order valence-electron chi connectivity index (χ1n) is 4.86. The molecule has 0 aliphatic carbocycles. The van der Waals surface area contributed by atoms with Gasteiger partial charge in [0.1, 0.15) is 0 Å². The SMILES string of the molecule is C=Cc1cccc([C@H](N)CCCO)c1. The van der Waals surface area contributed by atoms with Gasteiger partial charge in [0.05, 0.1) is 0 Å². The molecule has 0 amide bonds. The Morgan fingerprint density at radius 1 is 1.50 bits per heavy atom. The quantitative estimate of drug-likeness (QED) is 0.748. The van der Waals surface area contributed by atoms with Crippen LogP contribution >= 0.6 is 0 Å². The van der Waals surface area contributed by atoms with Crippen molar-refractivity contribution in [2.45, 2.75) is 18.9 Å². The molecule has 0 saturated carbocycles. The third-order valence-corrected chi connectivity index (χ3v) is 2.25. The van der Waals surface area contributed by atoms with E-state index in [-0.39, 0.29) is 12.6 Å². The minimum atomic E-state index is 0.0158. The van der Waals surface area contributed by atoms with Crippen molar-refractivity contribution in [2.75, 3.05) is 6.61 Å². The van der Waals surface area contributed by atoms with Crippen LogP contribution in [0.2, 0.25) is 0 Å². The standard InChI is InChI=1S/C12H17NO/c1-2-10-5-3-6-11(9-10)12(13)7-4-8-14/h2-3,5-6,9,12,14H,1,4,7-8,13H2/t12-/m1/s1. The first-order valence-corrected chi connectivity index (χ1v) is 4.86. The van der Waals surface area contributed by atoms with Gasteiger partial charge in [0.15, 0.2) is 0 Å². The first-order chi connectivity index (χ1) is 6.77. The van der Waals surface area contributed by atoms with Crippen LogP contribution in [0.4, 0.5) is 0 Å². The van der Waals surface area contributed by atoms with E-state index in [1.165, 1.54) is 0 Å². The molecule has 0 radical (unpaired) electrons. The van der Waals surface area contributed by atoms with E-state index in [9.17, 15) is 0 Å². The summed E-state index contributed by atoms with van der Waals surface area (Å²) < 4.78 is 0. The molecule has 1 rings (SSSR count). The molecule has 3 N–H and O–H groups in total. The van der Waals surface area contributed by atoms with Crippen LogP contribution in [0.5, 0.6) is 0 Å². The van der Waals surface area contributed by atoms with Crippen LogP contribution in [0.25, 0.3) is 6.08 Å². The molecule has 0 heterocycles. The minimum absolute atomic E-state index is 0.0158. The van der Waals surface area contributed by atoms with E-state index in [0.29, 0.717) is 0 Å². The zero-order chi connectivity index (χ0) is 10.4. The van der Waals surface area contributed by atoms with Crippen molar-refractivity contribution in [1.82, 2.24) is 0 Å². The molecule has 1 aromatic rings. The number of hydrogen-bond donors (Lipinski definition) is 2. The fraction of sp³-hybridized carbons (Fsp3) is 0.333. The molecule has 0 aromatic heterocycles. The van der Waals surface area contributed by atoms with Gasteiger partial charge in [-0.15, -0.1) is 0 Å². The summed E-state index contributed by atoms with van der Waals surface area (Å²) in [7, 11) is 0. The molecule has 0 spiro atoms. The molecule has 1 aromatic carbocycles. The minimum Gasteiger partial charge on any atom is -0.396 e. The number of aliphatic hydroxyl groups is 1. The number of hydrogen-bond acceptors (Lipinski definition) is 2. The molecule has 0 aliphatic rings. The topological polar surface area (TPSA) is 46.2 Å². The van der Waals surface area contributed by atoms with Gasteiger partial charge in [-0.2, -0.15) is 0 Å². The number of rotatable bonds is 5. The average Bonchev–Trinajstić information content (AvgIpc) is 2.26. The van der Waals surface area contributed by atoms with E-state index in [1.807, 2.05) is 30.3 Å². The molecule has 0 saturated heterocycles. The smallest absolute Gasteiger partial charge is 0.0431 e. The fourth-order valence-electron chi connectivity index (χ4n) is 1.39. The van der Waals surface area contributed by atoms with E-state index in [4.69, 9.17) is 10.8 Å². The Hall–Kier alpha value is -1.12. The maximum absolute atomic E-state index is 8.69. The molecule has 2 heteroatoms. The van der Waals surface area contributed by atoms with Crippen LogP contribution in [-0.4, -0.2) is 11.7 Å². The predicted octanol–water partition coefficient (Wildman–Crippen LogP) is 2.10. The van der Waals surface area contributed by atoms with E-state index in [0.717, 1.165) is 24.0 Å². The van der Waals surface area contributed by atoms with Gasteiger partial charge in [-0.05, 0) is 24.0 Å². The Bertz CT molecular complexity index is 296. The van der Waals surface area contributed by atoms with Crippen LogP contribution in [0.3, 0.4) is 0 Å². The number of nitrogens with two attached hydrogens (primary N) is 1. The summed E-state index contributed by atoms with van der Waals surface area (Å²) in [6.07, 6.45) is 3.37.